The summed E-state index contributed by atoms with van der Waals surface area (Å²) in [5, 5.41) is 13.6. The second kappa shape index (κ2) is 9.13. The Kier molecular flexibility index (Phi) is 8.30. The number of carbonyl (C=O) groups excluding carboxylic acids is 2. The molecule has 0 aromatic carbocycles. The van der Waals surface area contributed by atoms with Crippen molar-refractivity contribution < 1.29 is 24.2 Å². The van der Waals surface area contributed by atoms with Gasteiger partial charge in [0.1, 0.15) is 6.04 Å². The Morgan fingerprint density at radius 2 is 1.90 bits per heavy atom. The van der Waals surface area contributed by atoms with Crippen LogP contribution >= 0.6 is 0 Å². The Labute approximate surface area is 118 Å². The molecule has 0 aromatic heterocycles. The first-order valence-corrected chi connectivity index (χ1v) is 6.34. The molecule has 5 N–H and O–H groups in total. The molecular formula is C12H23N3O5. The van der Waals surface area contributed by atoms with Crippen molar-refractivity contribution in [2.45, 2.75) is 38.8 Å². The quantitative estimate of drug-likeness (QED) is 0.462. The van der Waals surface area contributed by atoms with Crippen molar-refractivity contribution in [2.24, 2.45) is 11.7 Å². The Hall–Kier alpha value is -1.83. The van der Waals surface area contributed by atoms with E-state index in [9.17, 15) is 14.4 Å². The zero-order valence-electron chi connectivity index (χ0n) is 12.0. The number of ether oxygens (including phenoxy) is 1. The van der Waals surface area contributed by atoms with E-state index in [1.165, 1.54) is 7.11 Å². The molecule has 8 heteroatoms. The van der Waals surface area contributed by atoms with Gasteiger partial charge in [-0.15, -0.1) is 0 Å². The number of carbonyl (C=O) groups is 3. The van der Waals surface area contributed by atoms with Gasteiger partial charge in [0.2, 0.25) is 5.91 Å². The van der Waals surface area contributed by atoms with Crippen LogP contribution in [0, 0.1) is 5.92 Å². The van der Waals surface area contributed by atoms with Gasteiger partial charge in [0.05, 0.1) is 12.5 Å². The molecule has 0 aliphatic heterocycles. The second-order valence-electron chi connectivity index (χ2n) is 4.89. The maximum Gasteiger partial charge on any atom is 0.312 e. The van der Waals surface area contributed by atoms with Gasteiger partial charge in [0, 0.05) is 13.7 Å². The van der Waals surface area contributed by atoms with Crippen LogP contribution in [0.25, 0.3) is 0 Å². The van der Waals surface area contributed by atoms with Crippen LogP contribution in [0.4, 0.5) is 4.79 Å². The fourth-order valence-corrected chi connectivity index (χ4v) is 1.65. The first-order valence-electron chi connectivity index (χ1n) is 6.34. The lowest BCUT2D eigenvalue weighted by atomic mass is 10.0. The Morgan fingerprint density at radius 1 is 1.30 bits per heavy atom. The predicted octanol–water partition coefficient (Wildman–Crippen LogP) is -0.325. The van der Waals surface area contributed by atoms with Gasteiger partial charge < -0.3 is 26.2 Å². The smallest absolute Gasteiger partial charge is 0.312 e. The number of aliphatic carboxylic acids is 1. The first-order chi connectivity index (χ1) is 9.26. The zero-order chi connectivity index (χ0) is 15.7. The Morgan fingerprint density at radius 3 is 2.30 bits per heavy atom. The molecule has 116 valence electrons. The number of methoxy groups -OCH3 is 1. The Balaban J connectivity index is 4.43. The topological polar surface area (TPSA) is 131 Å². The molecular weight excluding hydrogens is 266 g/mol. The average Bonchev–Trinajstić information content (AvgIpc) is 2.31. The minimum absolute atomic E-state index is 0.0523. The number of urea groups is 1. The Bertz CT molecular complexity index is 346. The highest BCUT2D eigenvalue weighted by Crippen LogP contribution is 2.05. The largest absolute Gasteiger partial charge is 0.481 e. The van der Waals surface area contributed by atoms with E-state index in [1.54, 1.807) is 0 Å². The third-order valence-corrected chi connectivity index (χ3v) is 2.58. The molecule has 0 radical (unpaired) electrons. The summed E-state index contributed by atoms with van der Waals surface area (Å²) in [6.07, 6.45) is -0.398. The summed E-state index contributed by atoms with van der Waals surface area (Å²) in [4.78, 5) is 33.4. The highest BCUT2D eigenvalue weighted by molar-refractivity contribution is 5.86. The molecule has 0 rings (SSSR count). The van der Waals surface area contributed by atoms with Crippen molar-refractivity contribution in [1.29, 1.82) is 0 Å². The van der Waals surface area contributed by atoms with E-state index in [4.69, 9.17) is 15.6 Å². The number of carboxylic acid groups (broad SMARTS) is 1. The lowest BCUT2D eigenvalue weighted by Gasteiger charge is -2.20. The predicted molar refractivity (Wildman–Crippen MR) is 72.0 cm³/mol. The van der Waals surface area contributed by atoms with E-state index in [0.717, 1.165) is 0 Å². The highest BCUT2D eigenvalue weighted by Gasteiger charge is 2.22. The van der Waals surface area contributed by atoms with Crippen molar-refractivity contribution in [3.8, 4) is 0 Å². The minimum Gasteiger partial charge on any atom is -0.481 e. The summed E-state index contributed by atoms with van der Waals surface area (Å²) >= 11 is 0. The van der Waals surface area contributed by atoms with Crippen molar-refractivity contribution in [1.82, 2.24) is 10.6 Å². The van der Waals surface area contributed by atoms with Gasteiger partial charge in [-0.2, -0.15) is 0 Å². The van der Waals surface area contributed by atoms with Gasteiger partial charge in [-0.1, -0.05) is 13.8 Å². The lowest BCUT2D eigenvalue weighted by molar-refractivity contribution is -0.140. The van der Waals surface area contributed by atoms with E-state index in [2.05, 4.69) is 10.6 Å². The minimum atomic E-state index is -1.01. The molecule has 0 fully saturated rings. The van der Waals surface area contributed by atoms with Crippen LogP contribution in [0.5, 0.6) is 0 Å². The van der Waals surface area contributed by atoms with E-state index in [-0.39, 0.29) is 18.9 Å². The molecule has 2 unspecified atom stereocenters. The summed E-state index contributed by atoms with van der Waals surface area (Å²) in [6, 6.07) is -1.52. The second-order valence-corrected chi connectivity index (χ2v) is 4.89. The van der Waals surface area contributed by atoms with Crippen LogP contribution in [0.15, 0.2) is 0 Å². The number of amides is 3. The van der Waals surface area contributed by atoms with Crippen molar-refractivity contribution in [2.75, 3.05) is 13.7 Å². The van der Waals surface area contributed by atoms with Crippen LogP contribution in [0.2, 0.25) is 0 Å². The summed E-state index contributed by atoms with van der Waals surface area (Å²) in [7, 11) is 1.37. The molecule has 0 saturated carbocycles. The third kappa shape index (κ3) is 8.30. The molecule has 0 aliphatic carbocycles. The molecule has 3 amide bonds. The maximum absolute atomic E-state index is 11.9. The number of carboxylic acids is 1. The molecule has 0 heterocycles. The van der Waals surface area contributed by atoms with Gasteiger partial charge in [-0.25, -0.2) is 4.79 Å². The van der Waals surface area contributed by atoms with E-state index >= 15 is 0 Å². The van der Waals surface area contributed by atoms with Gasteiger partial charge in [0.15, 0.2) is 0 Å². The fourth-order valence-electron chi connectivity index (χ4n) is 1.65. The summed E-state index contributed by atoms with van der Waals surface area (Å²) < 4.78 is 4.95. The van der Waals surface area contributed by atoms with Crippen molar-refractivity contribution >= 4 is 17.9 Å². The van der Waals surface area contributed by atoms with Crippen molar-refractivity contribution in [3.05, 3.63) is 0 Å². The van der Waals surface area contributed by atoms with Gasteiger partial charge in [-0.3, -0.25) is 9.59 Å². The molecule has 0 bridgehead atoms. The molecule has 0 aromatic rings. The molecule has 0 aliphatic rings. The van der Waals surface area contributed by atoms with E-state index in [1.807, 2.05) is 13.8 Å². The van der Waals surface area contributed by atoms with Crippen molar-refractivity contribution in [3.63, 3.8) is 0 Å². The molecule has 8 nitrogen and oxygen atoms in total. The van der Waals surface area contributed by atoms with Gasteiger partial charge in [0.25, 0.3) is 0 Å². The normalized spacial score (nSPS) is 13.6. The number of hydrogen-bond acceptors (Lipinski definition) is 4. The first kappa shape index (κ1) is 18.2. The fraction of sp³-hybridized carbons (Fsp3) is 0.750. The average molecular weight is 289 g/mol. The van der Waals surface area contributed by atoms with E-state index < -0.39 is 30.1 Å². The zero-order valence-corrected chi connectivity index (χ0v) is 12.0. The molecule has 0 saturated heterocycles. The number of hydrogen-bond donors (Lipinski definition) is 4. The van der Waals surface area contributed by atoms with Gasteiger partial charge >= 0.3 is 12.0 Å². The summed E-state index contributed by atoms with van der Waals surface area (Å²) in [5.74, 6) is -1.24. The van der Waals surface area contributed by atoms with Crippen LogP contribution in [-0.4, -0.2) is 48.8 Å². The number of nitrogens with two attached hydrogens (primary N) is 1. The molecule has 0 spiro atoms. The summed E-state index contributed by atoms with van der Waals surface area (Å²) in [6.45, 7) is 3.87. The SMILES string of the molecule is COC(CNC(=O)C(CC(C)C)NC(N)=O)CC(=O)O. The maximum atomic E-state index is 11.9. The monoisotopic (exact) mass is 289 g/mol. The number of primary amides is 1. The van der Waals surface area contributed by atoms with Crippen LogP contribution in [0.1, 0.15) is 26.7 Å². The number of nitrogens with one attached hydrogen (secondary N) is 2. The molecule has 20 heavy (non-hydrogen) atoms. The number of rotatable bonds is 9. The summed E-state index contributed by atoms with van der Waals surface area (Å²) in [5.41, 5.74) is 5.02. The van der Waals surface area contributed by atoms with E-state index in [0.29, 0.717) is 6.42 Å². The van der Waals surface area contributed by atoms with Crippen LogP contribution in [-0.2, 0) is 14.3 Å². The van der Waals surface area contributed by atoms with Gasteiger partial charge in [-0.05, 0) is 12.3 Å². The highest BCUT2D eigenvalue weighted by atomic mass is 16.5. The molecule has 2 atom stereocenters. The standard InChI is InChI=1S/C12H23N3O5/c1-7(2)4-9(15-12(13)19)11(18)14-6-8(20-3)5-10(16)17/h7-9H,4-6H2,1-3H3,(H,14,18)(H,16,17)(H3,13,15,19). The lowest BCUT2D eigenvalue weighted by Crippen LogP contribution is -2.50. The van der Waals surface area contributed by atoms with Crippen LogP contribution in [0.3, 0.4) is 0 Å². The third-order valence-electron chi connectivity index (χ3n) is 2.58. The van der Waals surface area contributed by atoms with Crippen LogP contribution < -0.4 is 16.4 Å².